The first-order valence-corrected chi connectivity index (χ1v) is 11.9. The van der Waals surface area contributed by atoms with Gasteiger partial charge in [0, 0.05) is 32.4 Å². The summed E-state index contributed by atoms with van der Waals surface area (Å²) in [6, 6.07) is 0.668. The molecule has 4 fully saturated rings. The Bertz CT molecular complexity index is 503. The smallest absolute Gasteiger partial charge is 0.0839 e. The molecule has 1 N–H and O–H groups in total. The van der Waals surface area contributed by atoms with E-state index in [0.29, 0.717) is 24.5 Å². The SMILES string of the molecule is CCOC1CC2C(CCN3CC4CC(OCC)C(OCC)CC4CC23)CC1O. The van der Waals surface area contributed by atoms with Gasteiger partial charge in [0.05, 0.1) is 24.4 Å². The van der Waals surface area contributed by atoms with Crippen LogP contribution in [0.4, 0.5) is 0 Å². The van der Waals surface area contributed by atoms with Gasteiger partial charge in [-0.05, 0) is 89.5 Å². The molecule has 9 atom stereocenters. The zero-order valence-electron chi connectivity index (χ0n) is 18.1. The summed E-state index contributed by atoms with van der Waals surface area (Å²) in [7, 11) is 0. The summed E-state index contributed by atoms with van der Waals surface area (Å²) in [6.07, 6.45) is 7.11. The van der Waals surface area contributed by atoms with Gasteiger partial charge in [-0.25, -0.2) is 0 Å². The Morgan fingerprint density at radius 2 is 1.39 bits per heavy atom. The predicted octanol–water partition coefficient (Wildman–Crippen LogP) is 3.09. The van der Waals surface area contributed by atoms with Crippen molar-refractivity contribution >= 4 is 0 Å². The molecule has 0 amide bonds. The fraction of sp³-hybridized carbons (Fsp3) is 1.00. The van der Waals surface area contributed by atoms with Crippen LogP contribution >= 0.6 is 0 Å². The van der Waals surface area contributed by atoms with Crippen molar-refractivity contribution in [1.29, 1.82) is 0 Å². The summed E-state index contributed by atoms with van der Waals surface area (Å²) in [4.78, 5) is 2.78. The van der Waals surface area contributed by atoms with Crippen molar-refractivity contribution in [2.45, 2.75) is 89.8 Å². The summed E-state index contributed by atoms with van der Waals surface area (Å²) < 4.78 is 18.1. The highest BCUT2D eigenvalue weighted by Gasteiger charge is 2.50. The van der Waals surface area contributed by atoms with Crippen LogP contribution in [0.15, 0.2) is 0 Å². The number of hydrogen-bond acceptors (Lipinski definition) is 5. The van der Waals surface area contributed by atoms with E-state index in [1.807, 2.05) is 6.92 Å². The predicted molar refractivity (Wildman–Crippen MR) is 109 cm³/mol. The van der Waals surface area contributed by atoms with Crippen LogP contribution in [0.5, 0.6) is 0 Å². The van der Waals surface area contributed by atoms with Crippen molar-refractivity contribution in [2.75, 3.05) is 32.9 Å². The molecule has 28 heavy (non-hydrogen) atoms. The molecular formula is C23H41NO4. The molecule has 0 aromatic carbocycles. The van der Waals surface area contributed by atoms with E-state index in [4.69, 9.17) is 14.2 Å². The van der Waals surface area contributed by atoms with Crippen molar-refractivity contribution in [1.82, 2.24) is 4.90 Å². The molecule has 9 unspecified atom stereocenters. The maximum absolute atomic E-state index is 10.5. The average molecular weight is 396 g/mol. The highest BCUT2D eigenvalue weighted by molar-refractivity contribution is 5.02. The molecule has 2 heterocycles. The van der Waals surface area contributed by atoms with Crippen LogP contribution in [0.3, 0.4) is 0 Å². The fourth-order valence-electron chi connectivity index (χ4n) is 6.96. The summed E-state index contributed by atoms with van der Waals surface area (Å²) >= 11 is 0. The first kappa shape index (κ1) is 21.0. The maximum atomic E-state index is 10.5. The van der Waals surface area contributed by atoms with E-state index in [0.717, 1.165) is 50.7 Å². The van der Waals surface area contributed by atoms with Crippen LogP contribution in [0.25, 0.3) is 0 Å². The molecule has 0 bridgehead atoms. The first-order chi connectivity index (χ1) is 13.6. The van der Waals surface area contributed by atoms with Crippen molar-refractivity contribution in [3.8, 4) is 0 Å². The van der Waals surface area contributed by atoms with E-state index in [2.05, 4.69) is 18.7 Å². The van der Waals surface area contributed by atoms with Crippen LogP contribution in [-0.4, -0.2) is 73.4 Å². The monoisotopic (exact) mass is 395 g/mol. The van der Waals surface area contributed by atoms with E-state index in [1.54, 1.807) is 0 Å². The summed E-state index contributed by atoms with van der Waals surface area (Å²) in [5, 5.41) is 10.5. The van der Waals surface area contributed by atoms with Gasteiger partial charge < -0.3 is 19.3 Å². The van der Waals surface area contributed by atoms with E-state index < -0.39 is 0 Å². The lowest BCUT2D eigenvalue weighted by atomic mass is 9.62. The lowest BCUT2D eigenvalue weighted by molar-refractivity contribution is -0.151. The number of nitrogens with zero attached hydrogens (tertiary/aromatic N) is 1. The molecule has 2 aliphatic carbocycles. The molecule has 4 rings (SSSR count). The molecule has 5 heteroatoms. The van der Waals surface area contributed by atoms with Gasteiger partial charge in [0.2, 0.25) is 0 Å². The van der Waals surface area contributed by atoms with Crippen LogP contribution < -0.4 is 0 Å². The van der Waals surface area contributed by atoms with Gasteiger partial charge in [-0.2, -0.15) is 0 Å². The zero-order chi connectivity index (χ0) is 19.7. The fourth-order valence-corrected chi connectivity index (χ4v) is 6.96. The second kappa shape index (κ2) is 9.30. The number of aliphatic hydroxyl groups excluding tert-OH is 1. The number of hydrogen-bond donors (Lipinski definition) is 1. The first-order valence-electron chi connectivity index (χ1n) is 11.9. The minimum Gasteiger partial charge on any atom is -0.390 e. The van der Waals surface area contributed by atoms with Gasteiger partial charge in [-0.15, -0.1) is 0 Å². The highest BCUT2D eigenvalue weighted by atomic mass is 16.5. The Labute approximate surface area is 171 Å². The van der Waals surface area contributed by atoms with Gasteiger partial charge >= 0.3 is 0 Å². The molecule has 2 aliphatic heterocycles. The number of rotatable bonds is 6. The second-order valence-electron chi connectivity index (χ2n) is 9.52. The molecule has 5 nitrogen and oxygen atoms in total. The van der Waals surface area contributed by atoms with Crippen molar-refractivity contribution in [3.63, 3.8) is 0 Å². The number of fused-ring (bicyclic) bond motifs is 4. The van der Waals surface area contributed by atoms with Gasteiger partial charge in [0.15, 0.2) is 0 Å². The molecule has 0 aromatic rings. The van der Waals surface area contributed by atoms with Crippen molar-refractivity contribution in [3.05, 3.63) is 0 Å². The standard InChI is InChI=1S/C23H41NO4/c1-4-26-21-13-18-15(10-20(21)25)7-8-24-14-17-12-23(28-6-3)22(27-5-2)11-16(17)9-19(18)24/h15-23,25H,4-14H2,1-3H3. The number of aliphatic hydroxyl groups is 1. The van der Waals surface area contributed by atoms with Gasteiger partial charge in [0.25, 0.3) is 0 Å². The molecule has 0 spiro atoms. The van der Waals surface area contributed by atoms with Crippen LogP contribution in [0, 0.1) is 23.7 Å². The Balaban J connectivity index is 1.45. The molecule has 0 radical (unpaired) electrons. The third kappa shape index (κ3) is 4.15. The minimum atomic E-state index is -0.270. The van der Waals surface area contributed by atoms with Crippen molar-refractivity contribution in [2.24, 2.45) is 23.7 Å². The van der Waals surface area contributed by atoms with Crippen LogP contribution in [0.1, 0.15) is 59.3 Å². The Morgan fingerprint density at radius 3 is 2.07 bits per heavy atom. The van der Waals surface area contributed by atoms with E-state index in [1.165, 1.54) is 25.9 Å². The average Bonchev–Trinajstić information content (AvgIpc) is 2.68. The highest BCUT2D eigenvalue weighted by Crippen LogP contribution is 2.49. The summed E-state index contributed by atoms with van der Waals surface area (Å²) in [5.41, 5.74) is 0. The third-order valence-electron chi connectivity index (χ3n) is 8.14. The summed E-state index contributed by atoms with van der Waals surface area (Å²) in [6.45, 7) is 10.9. The quantitative estimate of drug-likeness (QED) is 0.749. The van der Waals surface area contributed by atoms with Crippen LogP contribution in [-0.2, 0) is 14.2 Å². The summed E-state index contributed by atoms with van der Waals surface area (Å²) in [5.74, 6) is 2.86. The Hall–Kier alpha value is -0.200. The lowest BCUT2D eigenvalue weighted by Crippen LogP contribution is -2.60. The lowest BCUT2D eigenvalue weighted by Gasteiger charge is -2.57. The second-order valence-corrected chi connectivity index (χ2v) is 9.52. The van der Waals surface area contributed by atoms with E-state index in [9.17, 15) is 5.11 Å². The molecular weight excluding hydrogens is 354 g/mol. The molecule has 2 saturated carbocycles. The normalized spacial score (nSPS) is 46.5. The number of piperidine rings is 2. The van der Waals surface area contributed by atoms with Gasteiger partial charge in [-0.1, -0.05) is 0 Å². The Kier molecular flexibility index (Phi) is 6.99. The molecule has 0 aromatic heterocycles. The topological polar surface area (TPSA) is 51.2 Å². The third-order valence-corrected chi connectivity index (χ3v) is 8.14. The van der Waals surface area contributed by atoms with Gasteiger partial charge in [0.1, 0.15) is 0 Å². The van der Waals surface area contributed by atoms with Crippen molar-refractivity contribution < 1.29 is 19.3 Å². The largest absolute Gasteiger partial charge is 0.390 e. The molecule has 162 valence electrons. The minimum absolute atomic E-state index is 0.0359. The molecule has 4 aliphatic rings. The number of ether oxygens (including phenoxy) is 3. The van der Waals surface area contributed by atoms with Crippen LogP contribution in [0.2, 0.25) is 0 Å². The van der Waals surface area contributed by atoms with Gasteiger partial charge in [-0.3, -0.25) is 4.90 Å². The zero-order valence-corrected chi connectivity index (χ0v) is 18.1. The maximum Gasteiger partial charge on any atom is 0.0839 e. The Morgan fingerprint density at radius 1 is 0.750 bits per heavy atom. The molecule has 2 saturated heterocycles. The van der Waals surface area contributed by atoms with E-state index >= 15 is 0 Å². The van der Waals surface area contributed by atoms with E-state index in [-0.39, 0.29) is 24.4 Å².